The van der Waals surface area contributed by atoms with Crippen LogP contribution in [0.25, 0.3) is 107 Å². The van der Waals surface area contributed by atoms with Gasteiger partial charge in [-0.15, -0.1) is 174 Å². The minimum atomic E-state index is -4.53. The number of hydrogen-bond donors (Lipinski definition) is 2. The third kappa shape index (κ3) is 37.2. The number of hydrogen-bond acceptors (Lipinski definition) is 18. The molecule has 23 nitrogen and oxygen atoms in total. The molecule has 150 heavy (non-hydrogen) atoms. The Morgan fingerprint density at radius 3 is 1.40 bits per heavy atom. The maximum atomic E-state index is 12.3. The number of aromatic hydroxyl groups is 2. The maximum absolute atomic E-state index is 12.3. The van der Waals surface area contributed by atoms with E-state index in [0.717, 1.165) is 165 Å². The first kappa shape index (κ1) is 118. The number of phenols is 2. The van der Waals surface area contributed by atoms with E-state index in [0.29, 0.717) is 72.9 Å². The minimum Gasteiger partial charge on any atom is -0.537 e. The van der Waals surface area contributed by atoms with E-state index in [-0.39, 0.29) is 124 Å². The van der Waals surface area contributed by atoms with Gasteiger partial charge in [-0.1, -0.05) is 196 Å². The number of unbranched alkanes of at least 4 members (excludes halogenated alkanes) is 5. The molecule has 2 N–H and O–H groups in total. The summed E-state index contributed by atoms with van der Waals surface area (Å²) in [5.74, 6) is 3.76. The molecule has 4 radical (unpaired) electrons. The SMILES string of the molecule is CCc1cccc(-c2[c-]cccc2)n1.FCc1cccc(-n2[c-]cc(C(F)(F)F)n2)n1.Oc1ccccc1-c1cccc(-c2cccc(-c3ccccc3O)n2)n1.[Ir+3].[Ir].[Ir].[Ir].[Ir].[c-]1ccccc1-c1cccc(-c2[c-]cc(OCCCCCCCCOc3cccnc3-c3[c-]c(-c4ccccn4)ccc3)cc2)n1.[c-]1ccccc1-c1ccccn1.c1ccc(CN(CCCN(Cc2ncc[n-]2)C[n+]2ccc[n-]2)Cc2ncc[n-]2)nc1. The topological polar surface area (TPSA) is 271 Å². The van der Waals surface area contributed by atoms with Gasteiger partial charge in [0.25, 0.3) is 0 Å². The molecular formula is C118H103F4Ir5N19O4-5. The Bertz CT molecular complexity index is 7050. The molecule has 0 aliphatic carbocycles. The molecule has 20 aromatic rings. The van der Waals surface area contributed by atoms with Gasteiger partial charge in [-0.25, -0.2) is 19.3 Å². The number of pyridine rings is 9. The van der Waals surface area contributed by atoms with Crippen molar-refractivity contribution in [3.63, 3.8) is 0 Å². The molecule has 32 heteroatoms. The molecule has 0 unspecified atom stereocenters. The van der Waals surface area contributed by atoms with Crippen LogP contribution in [0.1, 0.15) is 86.3 Å². The quantitative estimate of drug-likeness (QED) is 0.0162. The molecule has 0 aliphatic rings. The zero-order chi connectivity index (χ0) is 100. The Labute approximate surface area is 938 Å². The van der Waals surface area contributed by atoms with Crippen LogP contribution in [0.2, 0.25) is 0 Å². The van der Waals surface area contributed by atoms with Gasteiger partial charge in [0.1, 0.15) is 23.9 Å². The predicted octanol–water partition coefficient (Wildman–Crippen LogP) is 23.4. The van der Waals surface area contributed by atoms with E-state index in [4.69, 9.17) is 14.5 Å². The third-order valence-corrected chi connectivity index (χ3v) is 22.2. The van der Waals surface area contributed by atoms with Gasteiger partial charge in [-0.3, -0.25) is 34.6 Å². The van der Waals surface area contributed by atoms with Gasteiger partial charge in [-0.05, 0) is 152 Å². The van der Waals surface area contributed by atoms with Crippen molar-refractivity contribution >= 4 is 0 Å². The van der Waals surface area contributed by atoms with Crippen molar-refractivity contribution in [1.29, 1.82) is 0 Å². The first-order valence-electron chi connectivity index (χ1n) is 47.5. The van der Waals surface area contributed by atoms with Gasteiger partial charge in [0.15, 0.2) is 12.9 Å². The second-order valence-electron chi connectivity index (χ2n) is 32.7. The molecule has 20 rings (SSSR count). The van der Waals surface area contributed by atoms with E-state index in [9.17, 15) is 27.8 Å². The number of phenolic OH excluding ortho intramolecular Hbond substituents is 2. The van der Waals surface area contributed by atoms with Crippen LogP contribution in [0.3, 0.4) is 0 Å². The van der Waals surface area contributed by atoms with Crippen LogP contribution in [0, 0.1) is 36.5 Å². The fourth-order valence-electron chi connectivity index (χ4n) is 15.1. The first-order valence-corrected chi connectivity index (χ1v) is 47.5. The summed E-state index contributed by atoms with van der Waals surface area (Å²) in [7, 11) is 0. The Hall–Kier alpha value is -14.2. The Kier molecular flexibility index (Phi) is 49.9. The van der Waals surface area contributed by atoms with Crippen LogP contribution >= 0.6 is 0 Å². The number of alkyl halides is 4. The first-order chi connectivity index (χ1) is 71.3. The van der Waals surface area contributed by atoms with Crippen molar-refractivity contribution in [2.24, 2.45) is 0 Å². The number of imidazole rings is 2. The third-order valence-electron chi connectivity index (χ3n) is 22.2. The number of halogens is 4. The van der Waals surface area contributed by atoms with Crippen LogP contribution in [0.4, 0.5) is 17.6 Å². The Morgan fingerprint density at radius 2 is 0.867 bits per heavy atom. The summed E-state index contributed by atoms with van der Waals surface area (Å²) in [6.45, 7) is 7.36. The van der Waals surface area contributed by atoms with Crippen molar-refractivity contribution in [3.8, 4) is 130 Å². The summed E-state index contributed by atoms with van der Waals surface area (Å²) in [5, 5.41) is 27.7. The average molecular weight is 2890 g/mol. The minimum absolute atomic E-state index is 0. The van der Waals surface area contributed by atoms with Crippen LogP contribution in [0.15, 0.2) is 390 Å². The molecule has 7 aromatic carbocycles. The second-order valence-corrected chi connectivity index (χ2v) is 32.7. The molecular weight excluding hydrogens is 2780 g/mol. The Morgan fingerprint density at radius 1 is 0.387 bits per heavy atom. The number of rotatable bonds is 35. The number of ether oxygens (including phenoxy) is 2. The maximum Gasteiger partial charge on any atom is 3.00 e. The van der Waals surface area contributed by atoms with E-state index >= 15 is 0 Å². The van der Waals surface area contributed by atoms with E-state index in [1.54, 1.807) is 73.8 Å². The van der Waals surface area contributed by atoms with Crippen molar-refractivity contribution in [1.82, 2.24) is 89.5 Å². The fraction of sp³-hybridized carbons (Fsp3) is 0.161. The fourth-order valence-corrected chi connectivity index (χ4v) is 15.1. The summed E-state index contributed by atoms with van der Waals surface area (Å²) >= 11 is 0. The van der Waals surface area contributed by atoms with Crippen molar-refractivity contribution in [2.45, 2.75) is 97.4 Å². The average Bonchev–Trinajstić information content (AvgIpc) is 1.15. The van der Waals surface area contributed by atoms with Crippen LogP contribution in [-0.4, -0.2) is 111 Å². The van der Waals surface area contributed by atoms with E-state index < -0.39 is 18.5 Å². The molecule has 0 spiro atoms. The largest absolute Gasteiger partial charge is 3.00 e. The van der Waals surface area contributed by atoms with Gasteiger partial charge in [0, 0.05) is 172 Å². The van der Waals surface area contributed by atoms with Crippen molar-refractivity contribution < 1.29 is 142 Å². The molecule has 0 saturated heterocycles. The summed E-state index contributed by atoms with van der Waals surface area (Å²) in [6.07, 6.45) is 24.3. The number of aryl methyl sites for hydroxylation is 1. The number of benzene rings is 7. The van der Waals surface area contributed by atoms with Gasteiger partial charge < -0.3 is 64.4 Å². The summed E-state index contributed by atoms with van der Waals surface area (Å²) < 4.78 is 64.1. The number of aromatic nitrogens is 17. The monoisotopic (exact) mass is 2890 g/mol. The van der Waals surface area contributed by atoms with Crippen molar-refractivity contribution in [2.75, 3.05) is 26.3 Å². The molecule has 0 amide bonds. The zero-order valence-corrected chi connectivity index (χ0v) is 93.3. The van der Waals surface area contributed by atoms with Gasteiger partial charge in [0.05, 0.1) is 58.9 Å². The van der Waals surface area contributed by atoms with Crippen LogP contribution < -0.4 is 29.2 Å². The molecule has 0 aliphatic heterocycles. The summed E-state index contributed by atoms with van der Waals surface area (Å²) in [6, 6.07) is 118. The molecule has 13 aromatic heterocycles. The Balaban J connectivity index is 0.000000194. The normalized spacial score (nSPS) is 10.5. The van der Waals surface area contributed by atoms with E-state index in [2.05, 4.69) is 129 Å². The molecule has 0 fully saturated rings. The van der Waals surface area contributed by atoms with Crippen LogP contribution in [-0.2, 0) is 146 Å². The standard InChI is InChI=1S/C41H36N3O2.C22H16N2O2.C21H25N9.C13H12N.C11H8N.C10H6F4N3.5Ir/c1(3-10-29-45-36-25-23-33(24-26-36)39-21-13-20-38(44-39)32-15-6-5-7-16-32)2-4-11-30-46-40-22-14-28-43-41(40)35-18-12-17-34(31-35)37-19-8-9-27-42-37;25-21-13-3-1-7-15(21)17-9-5-11-19(23-17)20-12-6-10-18(24-20)16-8-2-4-14-22(16)26;1-2-6-22-19(5-1)15-28(16-20-23-8-9-24-20)12-4-13-29(17-21-25-10-11-26-21)18-30-14-3-7-27-30;1-2-12-9-6-10-13(14-12)11-7-4-3-5-8-11;1-2-6-10(7-3-1)11-8-4-5-9-12-11;11-6-7-2-1-3-9(15-7)17-5-4-8(16-17)10(12,13)14;;;;;/h5-9,12-15,17-23,25-28H,1-4,10-11,29-30H2;1-14,25-26H;1-3,5-11,14H,4,12-13,15-18H2;3-7,9-10H,2H2,1H3;1-6,8-9H;1-4H,6H2;;;;;/q-3;;-2;3*-1;;;;;+3. The second kappa shape index (κ2) is 63.6. The van der Waals surface area contributed by atoms with Crippen molar-refractivity contribution in [3.05, 3.63) is 461 Å². The van der Waals surface area contributed by atoms with E-state index in [1.165, 1.54) is 31.0 Å². The summed E-state index contributed by atoms with van der Waals surface area (Å²) in [4.78, 5) is 62.1. The smallest absolute Gasteiger partial charge is 0.537 e. The summed E-state index contributed by atoms with van der Waals surface area (Å²) in [5.41, 5.74) is 16.6. The molecule has 772 valence electrons. The van der Waals surface area contributed by atoms with E-state index in [1.807, 2.05) is 290 Å². The molecule has 0 atom stereocenters. The zero-order valence-electron chi connectivity index (χ0n) is 81.4. The van der Waals surface area contributed by atoms with Crippen LogP contribution in [0.5, 0.6) is 23.0 Å². The molecule has 13 heterocycles. The predicted molar refractivity (Wildman–Crippen MR) is 550 cm³/mol. The van der Waals surface area contributed by atoms with Gasteiger partial charge >= 0.3 is 26.3 Å². The molecule has 0 saturated carbocycles. The van der Waals surface area contributed by atoms with Gasteiger partial charge in [-0.2, -0.15) is 13.2 Å². The van der Waals surface area contributed by atoms with Gasteiger partial charge in [0.2, 0.25) is 0 Å². The number of para-hydroxylation sites is 2. The molecule has 0 bridgehead atoms. The number of nitrogens with zero attached hydrogens (tertiary/aromatic N) is 19.